The standard InChI is InChI=1S/C15H22BrN3O4S/c1-15(2,3)23-14(20)19-6-4-12(5-7-19)18-24(21,22)13-8-11(16)9-17-10-13/h8-10,12,18H,4-7H2,1-3H3. The van der Waals surface area contributed by atoms with E-state index in [1.165, 1.54) is 18.5 Å². The largest absolute Gasteiger partial charge is 0.444 e. The first-order chi connectivity index (χ1) is 11.1. The van der Waals surface area contributed by atoms with Gasteiger partial charge < -0.3 is 9.64 Å². The Morgan fingerprint density at radius 1 is 1.33 bits per heavy atom. The van der Waals surface area contributed by atoms with Gasteiger partial charge in [0.05, 0.1) is 0 Å². The molecule has 1 N–H and O–H groups in total. The lowest BCUT2D eigenvalue weighted by Gasteiger charge is -2.33. The van der Waals surface area contributed by atoms with E-state index in [4.69, 9.17) is 4.74 Å². The number of sulfonamides is 1. The van der Waals surface area contributed by atoms with Gasteiger partial charge in [-0.25, -0.2) is 17.9 Å². The molecule has 9 heteroatoms. The number of carbonyl (C=O) groups is 1. The minimum absolute atomic E-state index is 0.117. The number of likely N-dealkylation sites (tertiary alicyclic amines) is 1. The van der Waals surface area contributed by atoms with Crippen molar-refractivity contribution in [1.29, 1.82) is 0 Å². The second kappa shape index (κ2) is 7.37. The lowest BCUT2D eigenvalue weighted by atomic mass is 10.1. The summed E-state index contributed by atoms with van der Waals surface area (Å²) in [7, 11) is -3.63. The average Bonchev–Trinajstić information content (AvgIpc) is 2.46. The lowest BCUT2D eigenvalue weighted by molar-refractivity contribution is 0.0203. The number of aromatic nitrogens is 1. The van der Waals surface area contributed by atoms with Crippen molar-refractivity contribution in [3.63, 3.8) is 0 Å². The second-order valence-corrected chi connectivity index (χ2v) is 9.33. The number of nitrogens with zero attached hydrogens (tertiary/aromatic N) is 2. The Morgan fingerprint density at radius 3 is 2.50 bits per heavy atom. The summed E-state index contributed by atoms with van der Waals surface area (Å²) >= 11 is 3.21. The maximum atomic E-state index is 12.4. The van der Waals surface area contributed by atoms with Crippen molar-refractivity contribution in [2.45, 2.75) is 50.2 Å². The smallest absolute Gasteiger partial charge is 0.410 e. The van der Waals surface area contributed by atoms with Crippen LogP contribution in [-0.2, 0) is 14.8 Å². The first-order valence-electron chi connectivity index (χ1n) is 7.68. The number of pyridine rings is 1. The molecule has 0 aliphatic carbocycles. The van der Waals surface area contributed by atoms with Crippen LogP contribution in [-0.4, -0.2) is 49.1 Å². The topological polar surface area (TPSA) is 88.6 Å². The van der Waals surface area contributed by atoms with Gasteiger partial charge in [-0.1, -0.05) is 0 Å². The van der Waals surface area contributed by atoms with Crippen LogP contribution in [0.3, 0.4) is 0 Å². The van der Waals surface area contributed by atoms with Crippen molar-refractivity contribution in [2.24, 2.45) is 0 Å². The number of amides is 1. The fraction of sp³-hybridized carbons (Fsp3) is 0.600. The van der Waals surface area contributed by atoms with Crippen molar-refractivity contribution in [3.8, 4) is 0 Å². The summed E-state index contributed by atoms with van der Waals surface area (Å²) in [5.41, 5.74) is -0.538. The summed E-state index contributed by atoms with van der Waals surface area (Å²) in [4.78, 5) is 17.6. The molecule has 0 saturated carbocycles. The first kappa shape index (κ1) is 19.1. The van der Waals surface area contributed by atoms with Gasteiger partial charge in [0.2, 0.25) is 10.0 Å². The maximum absolute atomic E-state index is 12.4. The highest BCUT2D eigenvalue weighted by molar-refractivity contribution is 9.10. The predicted octanol–water partition coefficient (Wildman–Crippen LogP) is 2.52. The molecule has 2 heterocycles. The van der Waals surface area contributed by atoms with Crippen molar-refractivity contribution in [2.75, 3.05) is 13.1 Å². The lowest BCUT2D eigenvalue weighted by Crippen LogP contribution is -2.47. The zero-order valence-electron chi connectivity index (χ0n) is 14.0. The van der Waals surface area contributed by atoms with Gasteiger partial charge in [0, 0.05) is 36.0 Å². The Kier molecular flexibility index (Phi) is 5.87. The summed E-state index contributed by atoms with van der Waals surface area (Å²) in [6.07, 6.45) is 3.56. The Bertz CT molecular complexity index is 695. The van der Waals surface area contributed by atoms with Gasteiger partial charge >= 0.3 is 6.09 Å². The van der Waals surface area contributed by atoms with E-state index < -0.39 is 15.6 Å². The van der Waals surface area contributed by atoms with Gasteiger partial charge in [0.1, 0.15) is 10.5 Å². The first-order valence-corrected chi connectivity index (χ1v) is 9.95. The molecule has 1 aliphatic rings. The normalized spacial score (nSPS) is 16.9. The molecule has 1 amide bonds. The molecule has 134 valence electrons. The summed E-state index contributed by atoms with van der Waals surface area (Å²) < 4.78 is 33.4. The average molecular weight is 420 g/mol. The van der Waals surface area contributed by atoms with E-state index in [1.54, 1.807) is 4.90 Å². The van der Waals surface area contributed by atoms with E-state index in [0.29, 0.717) is 30.4 Å². The zero-order valence-corrected chi connectivity index (χ0v) is 16.4. The van der Waals surface area contributed by atoms with E-state index in [9.17, 15) is 13.2 Å². The third kappa shape index (κ3) is 5.42. The SMILES string of the molecule is CC(C)(C)OC(=O)N1CCC(NS(=O)(=O)c2cncc(Br)c2)CC1. The van der Waals surface area contributed by atoms with E-state index in [2.05, 4.69) is 25.6 Å². The summed E-state index contributed by atoms with van der Waals surface area (Å²) in [6, 6.07) is 1.29. The third-order valence-electron chi connectivity index (χ3n) is 3.46. The minimum Gasteiger partial charge on any atom is -0.444 e. The molecule has 1 saturated heterocycles. The van der Waals surface area contributed by atoms with Crippen LogP contribution in [0.5, 0.6) is 0 Å². The van der Waals surface area contributed by atoms with E-state index in [-0.39, 0.29) is 17.0 Å². The Balaban J connectivity index is 1.92. The van der Waals surface area contributed by atoms with Crippen molar-refractivity contribution in [1.82, 2.24) is 14.6 Å². The van der Waals surface area contributed by atoms with Crippen LogP contribution in [0.25, 0.3) is 0 Å². The fourth-order valence-electron chi connectivity index (χ4n) is 2.33. The van der Waals surface area contributed by atoms with Gasteiger partial charge in [0.15, 0.2) is 0 Å². The molecule has 1 aromatic heterocycles. The van der Waals surface area contributed by atoms with Crippen LogP contribution in [0.15, 0.2) is 27.8 Å². The fourth-order valence-corrected chi connectivity index (χ4v) is 4.14. The van der Waals surface area contributed by atoms with Crippen LogP contribution in [0.2, 0.25) is 0 Å². The molecule has 24 heavy (non-hydrogen) atoms. The summed E-state index contributed by atoms with van der Waals surface area (Å²) in [5.74, 6) is 0. The minimum atomic E-state index is -3.63. The number of hydrogen-bond acceptors (Lipinski definition) is 5. The van der Waals surface area contributed by atoms with Crippen molar-refractivity contribution >= 4 is 32.0 Å². The zero-order chi connectivity index (χ0) is 18.0. The van der Waals surface area contributed by atoms with Crippen molar-refractivity contribution < 1.29 is 17.9 Å². The third-order valence-corrected chi connectivity index (χ3v) is 5.38. The number of carbonyl (C=O) groups excluding carboxylic acids is 1. The maximum Gasteiger partial charge on any atom is 0.410 e. The number of rotatable bonds is 3. The molecule has 0 aromatic carbocycles. The Morgan fingerprint density at radius 2 is 1.96 bits per heavy atom. The molecule has 0 atom stereocenters. The number of piperidine rings is 1. The van der Waals surface area contributed by atoms with E-state index in [0.717, 1.165) is 0 Å². The van der Waals surface area contributed by atoms with Gasteiger partial charge in [-0.3, -0.25) is 4.98 Å². The molecule has 1 fully saturated rings. The number of hydrogen-bond donors (Lipinski definition) is 1. The Hall–Kier alpha value is -1.19. The molecular formula is C15H22BrN3O4S. The molecule has 7 nitrogen and oxygen atoms in total. The van der Waals surface area contributed by atoms with Gasteiger partial charge in [-0.15, -0.1) is 0 Å². The Labute approximate surface area is 151 Å². The molecule has 0 bridgehead atoms. The second-order valence-electron chi connectivity index (χ2n) is 6.70. The van der Waals surface area contributed by atoms with Gasteiger partial charge in [0.25, 0.3) is 0 Å². The molecule has 0 unspecified atom stereocenters. The number of ether oxygens (including phenoxy) is 1. The molecule has 2 rings (SSSR count). The number of nitrogens with one attached hydrogen (secondary N) is 1. The predicted molar refractivity (Wildman–Crippen MR) is 93.1 cm³/mol. The van der Waals surface area contributed by atoms with Crippen LogP contribution < -0.4 is 4.72 Å². The highest BCUT2D eigenvalue weighted by Crippen LogP contribution is 2.19. The highest BCUT2D eigenvalue weighted by Gasteiger charge is 2.29. The van der Waals surface area contributed by atoms with Crippen LogP contribution in [0, 0.1) is 0 Å². The van der Waals surface area contributed by atoms with Crippen molar-refractivity contribution in [3.05, 3.63) is 22.9 Å². The van der Waals surface area contributed by atoms with Gasteiger partial charge in [-0.2, -0.15) is 0 Å². The van der Waals surface area contributed by atoms with Crippen LogP contribution in [0.1, 0.15) is 33.6 Å². The van der Waals surface area contributed by atoms with Crippen LogP contribution >= 0.6 is 15.9 Å². The summed E-state index contributed by atoms with van der Waals surface area (Å²) in [6.45, 7) is 6.37. The van der Waals surface area contributed by atoms with E-state index >= 15 is 0 Å². The molecule has 0 radical (unpaired) electrons. The number of halogens is 1. The quantitative estimate of drug-likeness (QED) is 0.812. The highest BCUT2D eigenvalue weighted by atomic mass is 79.9. The van der Waals surface area contributed by atoms with E-state index in [1.807, 2.05) is 20.8 Å². The molecule has 1 aromatic rings. The molecule has 0 spiro atoms. The molecule has 1 aliphatic heterocycles. The van der Waals surface area contributed by atoms with Gasteiger partial charge in [-0.05, 0) is 55.6 Å². The summed E-state index contributed by atoms with van der Waals surface area (Å²) in [5, 5.41) is 0. The molecular weight excluding hydrogens is 398 g/mol. The monoisotopic (exact) mass is 419 g/mol. The van der Waals surface area contributed by atoms with Crippen LogP contribution in [0.4, 0.5) is 4.79 Å².